The molecule has 0 spiro atoms. The third-order valence-electron chi connectivity index (χ3n) is 2.34. The summed E-state index contributed by atoms with van der Waals surface area (Å²) < 4.78 is 0. The van der Waals surface area contributed by atoms with E-state index in [1.54, 1.807) is 0 Å². The van der Waals surface area contributed by atoms with Crippen molar-refractivity contribution < 1.29 is 0 Å². The third kappa shape index (κ3) is 1.28. The molecule has 0 aliphatic heterocycles. The monoisotopic (exact) mass is 159 g/mol. The highest BCUT2D eigenvalue weighted by atomic mass is 14.9. The third-order valence-corrected chi connectivity index (χ3v) is 2.34. The van der Waals surface area contributed by atoms with Crippen LogP contribution in [0.1, 0.15) is 6.42 Å². The summed E-state index contributed by atoms with van der Waals surface area (Å²) in [6.45, 7) is 0. The molecule has 1 aromatic rings. The summed E-state index contributed by atoms with van der Waals surface area (Å²) in [7, 11) is 2.00. The predicted octanol–water partition coefficient (Wildman–Crippen LogP) is 0.239. The SMILES string of the molecule is CNC1C=c2ccccc2=CC1. The molecule has 0 bridgehead atoms. The summed E-state index contributed by atoms with van der Waals surface area (Å²) in [4.78, 5) is 0. The minimum Gasteiger partial charge on any atom is -0.313 e. The molecule has 0 saturated carbocycles. The van der Waals surface area contributed by atoms with E-state index in [-0.39, 0.29) is 0 Å². The Morgan fingerprint density at radius 3 is 2.75 bits per heavy atom. The average molecular weight is 159 g/mol. The van der Waals surface area contributed by atoms with Gasteiger partial charge in [-0.25, -0.2) is 0 Å². The van der Waals surface area contributed by atoms with Gasteiger partial charge in [-0.05, 0) is 23.9 Å². The standard InChI is InChI=1S/C11H13N/c1-12-11-7-6-9-4-2-3-5-10(9)8-11/h2-6,8,11-12H,7H2,1H3. The van der Waals surface area contributed by atoms with Gasteiger partial charge in [0.05, 0.1) is 0 Å². The van der Waals surface area contributed by atoms with Crippen LogP contribution in [0, 0.1) is 0 Å². The molecule has 0 fully saturated rings. The maximum atomic E-state index is 3.26. The van der Waals surface area contributed by atoms with Gasteiger partial charge in [0.2, 0.25) is 0 Å². The highest BCUT2D eigenvalue weighted by Crippen LogP contribution is 1.96. The molecule has 1 N–H and O–H groups in total. The molecule has 1 aliphatic rings. The van der Waals surface area contributed by atoms with Gasteiger partial charge in [0.15, 0.2) is 0 Å². The second-order valence-electron chi connectivity index (χ2n) is 3.13. The van der Waals surface area contributed by atoms with Crippen LogP contribution in [0.4, 0.5) is 0 Å². The molecule has 0 heterocycles. The van der Waals surface area contributed by atoms with Crippen molar-refractivity contribution in [2.24, 2.45) is 0 Å². The number of hydrogen-bond acceptors (Lipinski definition) is 1. The van der Waals surface area contributed by atoms with E-state index in [0.717, 1.165) is 6.42 Å². The smallest absolute Gasteiger partial charge is 0.0291 e. The van der Waals surface area contributed by atoms with Crippen molar-refractivity contribution in [3.05, 3.63) is 34.7 Å². The summed E-state index contributed by atoms with van der Waals surface area (Å²) in [6.07, 6.45) is 5.68. The number of hydrogen-bond donors (Lipinski definition) is 1. The van der Waals surface area contributed by atoms with Crippen molar-refractivity contribution >= 4 is 12.2 Å². The van der Waals surface area contributed by atoms with E-state index in [2.05, 4.69) is 41.7 Å². The van der Waals surface area contributed by atoms with Crippen LogP contribution in [0.25, 0.3) is 12.2 Å². The first-order valence-corrected chi connectivity index (χ1v) is 4.34. The lowest BCUT2D eigenvalue weighted by atomic mass is 10.0. The maximum Gasteiger partial charge on any atom is 0.0291 e. The second-order valence-corrected chi connectivity index (χ2v) is 3.13. The van der Waals surface area contributed by atoms with Crippen molar-refractivity contribution in [2.45, 2.75) is 12.5 Å². The van der Waals surface area contributed by atoms with Gasteiger partial charge in [0, 0.05) is 6.04 Å². The molecule has 1 unspecified atom stereocenters. The molecule has 0 radical (unpaired) electrons. The molecule has 1 heteroatoms. The normalized spacial score (nSPS) is 20.6. The topological polar surface area (TPSA) is 12.0 Å². The molecule has 1 aromatic carbocycles. The van der Waals surface area contributed by atoms with Gasteiger partial charge in [-0.15, -0.1) is 0 Å². The minimum atomic E-state index is 0.514. The second kappa shape index (κ2) is 3.11. The van der Waals surface area contributed by atoms with E-state index in [0.29, 0.717) is 6.04 Å². The summed E-state index contributed by atoms with van der Waals surface area (Å²) in [5, 5.41) is 5.97. The lowest BCUT2D eigenvalue weighted by molar-refractivity contribution is 0.714. The Labute approximate surface area is 72.4 Å². The van der Waals surface area contributed by atoms with Gasteiger partial charge in [0.1, 0.15) is 0 Å². The van der Waals surface area contributed by atoms with Crippen molar-refractivity contribution in [1.29, 1.82) is 0 Å². The van der Waals surface area contributed by atoms with Crippen LogP contribution < -0.4 is 15.8 Å². The van der Waals surface area contributed by atoms with E-state index >= 15 is 0 Å². The van der Waals surface area contributed by atoms with Crippen molar-refractivity contribution in [3.8, 4) is 0 Å². The van der Waals surface area contributed by atoms with E-state index < -0.39 is 0 Å². The van der Waals surface area contributed by atoms with Crippen molar-refractivity contribution in [2.75, 3.05) is 7.05 Å². The molecule has 1 nitrogen and oxygen atoms in total. The fourth-order valence-corrected chi connectivity index (χ4v) is 1.59. The van der Waals surface area contributed by atoms with Gasteiger partial charge < -0.3 is 5.32 Å². The molecule has 1 aliphatic carbocycles. The molecular weight excluding hydrogens is 146 g/mol. The Morgan fingerprint density at radius 2 is 2.00 bits per heavy atom. The van der Waals surface area contributed by atoms with Crippen LogP contribution in [0.3, 0.4) is 0 Å². The van der Waals surface area contributed by atoms with E-state index in [4.69, 9.17) is 0 Å². The maximum absolute atomic E-state index is 3.26. The van der Waals surface area contributed by atoms with Gasteiger partial charge >= 0.3 is 0 Å². The molecule has 62 valence electrons. The number of rotatable bonds is 1. The Hall–Kier alpha value is -1.08. The molecule has 0 saturated heterocycles. The molecule has 0 aromatic heterocycles. The summed E-state index contributed by atoms with van der Waals surface area (Å²) in [5.74, 6) is 0. The van der Waals surface area contributed by atoms with Gasteiger partial charge in [-0.1, -0.05) is 36.4 Å². The first kappa shape index (κ1) is 7.56. The van der Waals surface area contributed by atoms with E-state index in [1.807, 2.05) is 7.05 Å². The zero-order valence-electron chi connectivity index (χ0n) is 7.25. The van der Waals surface area contributed by atoms with Crippen molar-refractivity contribution in [3.63, 3.8) is 0 Å². The van der Waals surface area contributed by atoms with Crippen LogP contribution in [-0.2, 0) is 0 Å². The minimum absolute atomic E-state index is 0.514. The fourth-order valence-electron chi connectivity index (χ4n) is 1.59. The molecule has 0 amide bonds. The van der Waals surface area contributed by atoms with Crippen LogP contribution in [0.15, 0.2) is 24.3 Å². The quantitative estimate of drug-likeness (QED) is 0.619. The summed E-state index contributed by atoms with van der Waals surface area (Å²) in [5.41, 5.74) is 0. The van der Waals surface area contributed by atoms with Gasteiger partial charge in [-0.3, -0.25) is 0 Å². The highest BCUT2D eigenvalue weighted by molar-refractivity contribution is 5.42. The molecule has 2 rings (SSSR count). The number of nitrogens with one attached hydrogen (secondary N) is 1. The molecular formula is C11H13N. The fraction of sp³-hybridized carbons (Fsp3) is 0.273. The van der Waals surface area contributed by atoms with E-state index in [9.17, 15) is 0 Å². The Bertz CT molecular complexity index is 378. The zero-order chi connectivity index (χ0) is 8.39. The van der Waals surface area contributed by atoms with E-state index in [1.165, 1.54) is 10.4 Å². The van der Waals surface area contributed by atoms with Gasteiger partial charge in [-0.2, -0.15) is 0 Å². The zero-order valence-corrected chi connectivity index (χ0v) is 7.25. The van der Waals surface area contributed by atoms with Gasteiger partial charge in [0.25, 0.3) is 0 Å². The summed E-state index contributed by atoms with van der Waals surface area (Å²) in [6, 6.07) is 9.01. The lowest BCUT2D eigenvalue weighted by Gasteiger charge is -2.11. The largest absolute Gasteiger partial charge is 0.313 e. The first-order valence-electron chi connectivity index (χ1n) is 4.34. The Morgan fingerprint density at radius 1 is 1.25 bits per heavy atom. The number of fused-ring (bicyclic) bond motifs is 1. The van der Waals surface area contributed by atoms with Crippen LogP contribution in [-0.4, -0.2) is 13.1 Å². The highest BCUT2D eigenvalue weighted by Gasteiger charge is 2.02. The van der Waals surface area contributed by atoms with Crippen LogP contribution >= 0.6 is 0 Å². The average Bonchev–Trinajstić information content (AvgIpc) is 2.17. The Balaban J connectivity index is 2.56. The van der Waals surface area contributed by atoms with Crippen LogP contribution in [0.5, 0.6) is 0 Å². The molecule has 1 atom stereocenters. The van der Waals surface area contributed by atoms with Crippen LogP contribution in [0.2, 0.25) is 0 Å². The predicted molar refractivity (Wildman–Crippen MR) is 52.1 cm³/mol. The first-order chi connectivity index (χ1) is 5.90. The summed E-state index contributed by atoms with van der Waals surface area (Å²) >= 11 is 0. The lowest BCUT2D eigenvalue weighted by Crippen LogP contribution is -2.35. The van der Waals surface area contributed by atoms with Crippen molar-refractivity contribution in [1.82, 2.24) is 5.32 Å². The number of benzene rings is 1. The Kier molecular flexibility index (Phi) is 1.96. The molecule has 12 heavy (non-hydrogen) atoms.